The Balaban J connectivity index is 2.31. The lowest BCUT2D eigenvalue weighted by atomic mass is 9.38. The average molecular weight is 587 g/mol. The fourth-order valence-corrected chi connectivity index (χ4v) is 6.84. The van der Waals surface area contributed by atoms with Crippen molar-refractivity contribution < 1.29 is 24.6 Å². The molecular formula is C38H50O5. The van der Waals surface area contributed by atoms with E-state index in [9.17, 15) is 24.6 Å². The second-order valence-corrected chi connectivity index (χ2v) is 13.9. The first-order valence-corrected chi connectivity index (χ1v) is 15.4. The molecule has 2 saturated carbocycles. The van der Waals surface area contributed by atoms with Crippen molar-refractivity contribution in [3.8, 4) is 5.75 Å². The topological polar surface area (TPSA) is 91.7 Å². The number of aromatic hydroxyl groups is 1. The Morgan fingerprint density at radius 2 is 1.47 bits per heavy atom. The van der Waals surface area contributed by atoms with Crippen molar-refractivity contribution in [2.24, 2.45) is 22.2 Å². The number of fused-ring (bicyclic) bond motifs is 2. The molecule has 0 spiro atoms. The van der Waals surface area contributed by atoms with Crippen molar-refractivity contribution in [2.75, 3.05) is 0 Å². The van der Waals surface area contributed by atoms with E-state index < -0.39 is 33.6 Å². The zero-order valence-corrected chi connectivity index (χ0v) is 27.6. The number of Topliss-reactive ketones (excluding diaryl/α,β-unsaturated/α-hetero) is 3. The van der Waals surface area contributed by atoms with E-state index in [0.717, 1.165) is 24.0 Å². The molecule has 2 N–H and O–H groups in total. The number of aliphatic hydroxyl groups is 1. The lowest BCUT2D eigenvalue weighted by Crippen LogP contribution is -2.69. The summed E-state index contributed by atoms with van der Waals surface area (Å²) in [5.74, 6) is -2.26. The molecule has 0 saturated heterocycles. The van der Waals surface area contributed by atoms with Crippen molar-refractivity contribution in [3.63, 3.8) is 0 Å². The SMILES string of the molecule is CC(C)=CCC/C(C)=C/C[C@H]1C[C@@]2(CC=C(C)C)C(=O)/C(=C(\O)c3cccc(O)c3)C(=O)[C@](CC=C(C)C)(C2=O)C1(C)C. The van der Waals surface area contributed by atoms with E-state index in [1.807, 2.05) is 53.7 Å². The Hall–Kier alpha value is -3.47. The summed E-state index contributed by atoms with van der Waals surface area (Å²) in [6.45, 7) is 18.0. The molecule has 1 aromatic rings. The predicted molar refractivity (Wildman–Crippen MR) is 175 cm³/mol. The van der Waals surface area contributed by atoms with Crippen LogP contribution in [-0.4, -0.2) is 27.6 Å². The van der Waals surface area contributed by atoms with Crippen LogP contribution in [0.1, 0.15) is 106 Å². The standard InChI is InChI=1S/C38H50O5/c1-24(2)12-10-13-27(7)16-17-29-23-37(20-18-25(3)4)33(41)31(32(40)28-14-11-15-30(39)22-28)34(42)38(35(37)43,36(29,8)9)21-19-26(5)6/h11-12,14-16,18-19,22,29,39-40H,10,13,17,20-21,23H2,1-9H3/b27-16+,32-31+/t29-,37-,38+/m0/s1. The molecule has 5 heteroatoms. The molecule has 0 heterocycles. The number of ketones is 3. The third kappa shape index (κ3) is 6.41. The first-order chi connectivity index (χ1) is 20.0. The number of allylic oxidation sites excluding steroid dienone is 9. The Kier molecular flexibility index (Phi) is 10.3. The molecule has 0 amide bonds. The molecule has 0 aromatic heterocycles. The molecule has 1 aromatic carbocycles. The Labute approximate surface area is 258 Å². The number of aliphatic hydroxyl groups excluding tert-OH is 1. The van der Waals surface area contributed by atoms with Gasteiger partial charge in [-0.05, 0) is 110 Å². The van der Waals surface area contributed by atoms with Crippen LogP contribution in [0.15, 0.2) is 76.4 Å². The minimum Gasteiger partial charge on any atom is -0.508 e. The highest BCUT2D eigenvalue weighted by molar-refractivity contribution is 6.41. The number of hydrogen-bond donors (Lipinski definition) is 2. The van der Waals surface area contributed by atoms with Gasteiger partial charge in [0.05, 0.1) is 5.41 Å². The summed E-state index contributed by atoms with van der Waals surface area (Å²) < 4.78 is 0. The highest BCUT2D eigenvalue weighted by atomic mass is 16.3. The van der Waals surface area contributed by atoms with Crippen LogP contribution in [0.5, 0.6) is 5.75 Å². The summed E-state index contributed by atoms with van der Waals surface area (Å²) in [6.07, 6.45) is 11.4. The summed E-state index contributed by atoms with van der Waals surface area (Å²) >= 11 is 0. The third-order valence-corrected chi connectivity index (χ3v) is 9.69. The maximum atomic E-state index is 14.9. The van der Waals surface area contributed by atoms with Crippen molar-refractivity contribution in [2.45, 2.75) is 101 Å². The number of rotatable bonds is 10. The molecule has 232 valence electrons. The van der Waals surface area contributed by atoms with E-state index in [2.05, 4.69) is 32.9 Å². The predicted octanol–water partition coefficient (Wildman–Crippen LogP) is 9.20. The highest BCUT2D eigenvalue weighted by Gasteiger charge is 2.73. The number of carbonyl (C=O) groups excluding carboxylic acids is 3. The fourth-order valence-electron chi connectivity index (χ4n) is 6.84. The van der Waals surface area contributed by atoms with Gasteiger partial charge >= 0.3 is 0 Å². The zero-order chi connectivity index (χ0) is 32.3. The van der Waals surface area contributed by atoms with E-state index in [0.29, 0.717) is 12.8 Å². The highest BCUT2D eigenvalue weighted by Crippen LogP contribution is 2.65. The lowest BCUT2D eigenvalue weighted by molar-refractivity contribution is -0.176. The van der Waals surface area contributed by atoms with Gasteiger partial charge in [-0.25, -0.2) is 0 Å². The smallest absolute Gasteiger partial charge is 0.184 e. The number of phenols is 1. The molecule has 2 aliphatic carbocycles. The first-order valence-electron chi connectivity index (χ1n) is 15.4. The van der Waals surface area contributed by atoms with Gasteiger partial charge in [0, 0.05) is 5.56 Å². The van der Waals surface area contributed by atoms with Gasteiger partial charge in [0.25, 0.3) is 0 Å². The molecule has 0 radical (unpaired) electrons. The summed E-state index contributed by atoms with van der Waals surface area (Å²) in [5, 5.41) is 21.6. The largest absolute Gasteiger partial charge is 0.508 e. The Morgan fingerprint density at radius 1 is 0.860 bits per heavy atom. The van der Waals surface area contributed by atoms with Crippen molar-refractivity contribution in [1.82, 2.24) is 0 Å². The van der Waals surface area contributed by atoms with Crippen LogP contribution in [0.25, 0.3) is 5.76 Å². The average Bonchev–Trinajstić information content (AvgIpc) is 2.91. The molecule has 2 aliphatic rings. The molecule has 2 fully saturated rings. The van der Waals surface area contributed by atoms with Gasteiger partial charge in [0.1, 0.15) is 22.5 Å². The van der Waals surface area contributed by atoms with E-state index in [1.165, 1.54) is 23.3 Å². The molecule has 3 atom stereocenters. The Morgan fingerprint density at radius 3 is 2.05 bits per heavy atom. The maximum Gasteiger partial charge on any atom is 0.184 e. The van der Waals surface area contributed by atoms with Crippen LogP contribution in [0, 0.1) is 22.2 Å². The molecule has 5 nitrogen and oxygen atoms in total. The van der Waals surface area contributed by atoms with E-state index in [4.69, 9.17) is 0 Å². The van der Waals surface area contributed by atoms with Crippen LogP contribution in [0.3, 0.4) is 0 Å². The quantitative estimate of drug-likeness (QED) is 0.0937. The van der Waals surface area contributed by atoms with Crippen LogP contribution in [0.4, 0.5) is 0 Å². The molecular weight excluding hydrogens is 536 g/mol. The third-order valence-electron chi connectivity index (χ3n) is 9.69. The van der Waals surface area contributed by atoms with Gasteiger partial charge in [-0.1, -0.05) is 72.6 Å². The second-order valence-electron chi connectivity index (χ2n) is 13.9. The minimum atomic E-state index is -1.54. The number of phenolic OH excluding ortho intramolecular Hbond substituents is 1. The van der Waals surface area contributed by atoms with E-state index >= 15 is 0 Å². The van der Waals surface area contributed by atoms with Gasteiger partial charge in [0.15, 0.2) is 17.3 Å². The van der Waals surface area contributed by atoms with Crippen molar-refractivity contribution in [1.29, 1.82) is 0 Å². The first kappa shape index (κ1) is 34.0. The summed E-state index contributed by atoms with van der Waals surface area (Å²) in [6, 6.07) is 5.89. The zero-order valence-electron chi connectivity index (χ0n) is 27.6. The lowest BCUT2D eigenvalue weighted by Gasteiger charge is -2.60. The minimum absolute atomic E-state index is 0.0951. The van der Waals surface area contributed by atoms with Crippen LogP contribution >= 0.6 is 0 Å². The summed E-state index contributed by atoms with van der Waals surface area (Å²) in [4.78, 5) is 44.3. The normalized spacial score (nSPS) is 26.1. The maximum absolute atomic E-state index is 14.9. The van der Waals surface area contributed by atoms with E-state index in [1.54, 1.807) is 12.1 Å². The molecule has 0 unspecified atom stereocenters. The van der Waals surface area contributed by atoms with Gasteiger partial charge in [-0.15, -0.1) is 0 Å². The second kappa shape index (κ2) is 13.0. The van der Waals surface area contributed by atoms with Crippen LogP contribution in [0.2, 0.25) is 0 Å². The van der Waals surface area contributed by atoms with E-state index in [-0.39, 0.29) is 41.4 Å². The van der Waals surface area contributed by atoms with Crippen LogP contribution in [-0.2, 0) is 14.4 Å². The van der Waals surface area contributed by atoms with Crippen molar-refractivity contribution in [3.05, 3.63) is 82.0 Å². The molecule has 3 rings (SSSR count). The number of carbonyl (C=O) groups is 3. The summed E-state index contributed by atoms with van der Waals surface area (Å²) in [7, 11) is 0. The number of hydrogen-bond acceptors (Lipinski definition) is 5. The monoisotopic (exact) mass is 586 g/mol. The fraction of sp³-hybridized carbons (Fsp3) is 0.500. The molecule has 2 bridgehead atoms. The molecule has 0 aliphatic heterocycles. The van der Waals surface area contributed by atoms with Crippen LogP contribution < -0.4 is 0 Å². The van der Waals surface area contributed by atoms with Gasteiger partial charge in [0.2, 0.25) is 0 Å². The Bertz CT molecular complexity index is 1430. The van der Waals surface area contributed by atoms with Crippen molar-refractivity contribution >= 4 is 23.1 Å². The van der Waals surface area contributed by atoms with Gasteiger partial charge in [-0.3, -0.25) is 14.4 Å². The van der Waals surface area contributed by atoms with Gasteiger partial charge < -0.3 is 10.2 Å². The summed E-state index contributed by atoms with van der Waals surface area (Å²) in [5.41, 5.74) is 0.474. The molecule has 43 heavy (non-hydrogen) atoms. The number of benzene rings is 1. The van der Waals surface area contributed by atoms with Gasteiger partial charge in [-0.2, -0.15) is 0 Å².